The minimum atomic E-state index is -1.16. The topological polar surface area (TPSA) is 96.0 Å². The Kier molecular flexibility index (Phi) is 7.16. The van der Waals surface area contributed by atoms with E-state index in [1.807, 2.05) is 0 Å². The summed E-state index contributed by atoms with van der Waals surface area (Å²) in [5.74, 6) is -3.82. The standard InChI is InChI=1S/C25H20ClF3N4O3/c1-13(34)30-8-14-2-3-15(24(29)23(14)28)11-33-12-16(4-5-22(33)35)25(36)32-9-17-6-18-19(26)10-31-21(18)7-20(17)27/h2-7,10,12,31H,8-9,11H2,1H3,(H,30,34)(H,32,36). The first kappa shape index (κ1) is 25.1. The molecule has 0 radical (unpaired) electrons. The van der Waals surface area contributed by atoms with E-state index in [9.17, 15) is 27.6 Å². The van der Waals surface area contributed by atoms with Crippen LogP contribution in [0.4, 0.5) is 13.2 Å². The largest absolute Gasteiger partial charge is 0.360 e. The molecule has 0 bridgehead atoms. The Balaban J connectivity index is 1.50. The first-order valence-corrected chi connectivity index (χ1v) is 11.2. The summed E-state index contributed by atoms with van der Waals surface area (Å²) in [6.07, 6.45) is 2.74. The molecule has 7 nitrogen and oxygen atoms in total. The van der Waals surface area contributed by atoms with Crippen molar-refractivity contribution in [2.75, 3.05) is 0 Å². The smallest absolute Gasteiger partial charge is 0.253 e. The number of halogens is 4. The molecular formula is C25H20ClF3N4O3. The van der Waals surface area contributed by atoms with Crippen molar-refractivity contribution < 1.29 is 22.8 Å². The third kappa shape index (κ3) is 5.28. The van der Waals surface area contributed by atoms with Crippen molar-refractivity contribution in [1.82, 2.24) is 20.2 Å². The zero-order chi connectivity index (χ0) is 26.0. The fourth-order valence-electron chi connectivity index (χ4n) is 3.65. The van der Waals surface area contributed by atoms with Crippen LogP contribution < -0.4 is 16.2 Å². The predicted octanol–water partition coefficient (Wildman–Crippen LogP) is 4.01. The summed E-state index contributed by atoms with van der Waals surface area (Å²) >= 11 is 6.07. The Hall–Kier alpha value is -4.05. The number of amides is 2. The van der Waals surface area contributed by atoms with Crippen LogP contribution in [0.3, 0.4) is 0 Å². The predicted molar refractivity (Wildman–Crippen MR) is 128 cm³/mol. The number of pyridine rings is 1. The lowest BCUT2D eigenvalue weighted by Gasteiger charge is -2.12. The lowest BCUT2D eigenvalue weighted by molar-refractivity contribution is -0.119. The van der Waals surface area contributed by atoms with E-state index in [-0.39, 0.29) is 41.9 Å². The van der Waals surface area contributed by atoms with Crippen LogP contribution in [0.15, 0.2) is 53.6 Å². The second-order valence-corrected chi connectivity index (χ2v) is 8.52. The van der Waals surface area contributed by atoms with E-state index in [0.29, 0.717) is 15.9 Å². The highest BCUT2D eigenvalue weighted by Crippen LogP contribution is 2.25. The SMILES string of the molecule is CC(=O)NCc1ccc(Cn2cc(C(=O)NCc3cc4c(Cl)c[nH]c4cc3F)ccc2=O)c(F)c1F. The highest BCUT2D eigenvalue weighted by molar-refractivity contribution is 6.35. The van der Waals surface area contributed by atoms with E-state index in [1.165, 1.54) is 49.6 Å². The van der Waals surface area contributed by atoms with Crippen LogP contribution in [0.1, 0.15) is 34.0 Å². The maximum absolute atomic E-state index is 14.6. The molecule has 3 N–H and O–H groups in total. The van der Waals surface area contributed by atoms with Crippen molar-refractivity contribution >= 4 is 34.3 Å². The van der Waals surface area contributed by atoms with Crippen molar-refractivity contribution in [3.8, 4) is 0 Å². The zero-order valence-corrected chi connectivity index (χ0v) is 19.7. The summed E-state index contributed by atoms with van der Waals surface area (Å²) in [6.45, 7) is 0.597. The third-order valence-electron chi connectivity index (χ3n) is 5.59. The van der Waals surface area contributed by atoms with Gasteiger partial charge in [-0.25, -0.2) is 13.2 Å². The van der Waals surface area contributed by atoms with Crippen molar-refractivity contribution in [2.45, 2.75) is 26.6 Å². The average Bonchev–Trinajstić information content (AvgIpc) is 3.20. The Labute approximate surface area is 207 Å². The van der Waals surface area contributed by atoms with Crippen molar-refractivity contribution in [2.24, 2.45) is 0 Å². The van der Waals surface area contributed by atoms with Gasteiger partial charge in [-0.1, -0.05) is 23.7 Å². The molecule has 0 atom stereocenters. The number of aromatic amines is 1. The lowest BCUT2D eigenvalue weighted by atomic mass is 10.1. The van der Waals surface area contributed by atoms with Gasteiger partial charge in [0.2, 0.25) is 5.91 Å². The number of H-pyrrole nitrogens is 1. The summed E-state index contributed by atoms with van der Waals surface area (Å²) in [5, 5.41) is 5.98. The molecule has 0 unspecified atom stereocenters. The van der Waals surface area contributed by atoms with Gasteiger partial charge in [0, 0.05) is 66.1 Å². The van der Waals surface area contributed by atoms with Gasteiger partial charge in [0.15, 0.2) is 11.6 Å². The van der Waals surface area contributed by atoms with Crippen molar-refractivity contribution in [3.63, 3.8) is 0 Å². The number of nitrogens with one attached hydrogen (secondary N) is 3. The molecule has 0 spiro atoms. The van der Waals surface area contributed by atoms with Gasteiger partial charge in [-0.15, -0.1) is 0 Å². The van der Waals surface area contributed by atoms with Crippen molar-refractivity contribution in [1.29, 1.82) is 0 Å². The maximum atomic E-state index is 14.6. The van der Waals surface area contributed by atoms with Crippen LogP contribution >= 0.6 is 11.6 Å². The zero-order valence-electron chi connectivity index (χ0n) is 18.9. The van der Waals surface area contributed by atoms with E-state index < -0.39 is 34.8 Å². The highest BCUT2D eigenvalue weighted by Gasteiger charge is 2.16. The summed E-state index contributed by atoms with van der Waals surface area (Å²) < 4.78 is 44.4. The molecule has 0 saturated carbocycles. The normalized spacial score (nSPS) is 11.0. The number of hydrogen-bond acceptors (Lipinski definition) is 3. The Morgan fingerprint density at radius 3 is 2.42 bits per heavy atom. The molecular weight excluding hydrogens is 497 g/mol. The number of hydrogen-bond donors (Lipinski definition) is 3. The lowest BCUT2D eigenvalue weighted by Crippen LogP contribution is -2.27. The number of carbonyl (C=O) groups is 2. The summed E-state index contributed by atoms with van der Waals surface area (Å²) in [6, 6.07) is 7.83. The van der Waals surface area contributed by atoms with Gasteiger partial charge in [0.05, 0.1) is 17.1 Å². The number of fused-ring (bicyclic) bond motifs is 1. The van der Waals surface area contributed by atoms with Crippen LogP contribution in [0, 0.1) is 17.5 Å². The van der Waals surface area contributed by atoms with E-state index in [1.54, 1.807) is 0 Å². The average molecular weight is 517 g/mol. The molecule has 2 aromatic heterocycles. The molecule has 186 valence electrons. The molecule has 2 amide bonds. The quantitative estimate of drug-likeness (QED) is 0.346. The minimum absolute atomic E-state index is 0.0433. The molecule has 2 aromatic carbocycles. The number of carbonyl (C=O) groups excluding carboxylic acids is 2. The fourth-order valence-corrected chi connectivity index (χ4v) is 3.86. The van der Waals surface area contributed by atoms with Crippen LogP contribution in [-0.4, -0.2) is 21.4 Å². The molecule has 0 aliphatic rings. The van der Waals surface area contributed by atoms with Gasteiger partial charge in [-0.05, 0) is 18.2 Å². The fraction of sp³-hybridized carbons (Fsp3) is 0.160. The second-order valence-electron chi connectivity index (χ2n) is 8.11. The molecule has 0 aliphatic carbocycles. The van der Waals surface area contributed by atoms with E-state index >= 15 is 0 Å². The number of aromatic nitrogens is 2. The number of rotatable bonds is 7. The minimum Gasteiger partial charge on any atom is -0.360 e. The first-order chi connectivity index (χ1) is 17.1. The van der Waals surface area contributed by atoms with E-state index in [2.05, 4.69) is 15.6 Å². The number of benzene rings is 2. The van der Waals surface area contributed by atoms with E-state index in [0.717, 1.165) is 10.6 Å². The van der Waals surface area contributed by atoms with Gasteiger partial charge in [0.25, 0.3) is 11.5 Å². The maximum Gasteiger partial charge on any atom is 0.253 e. The van der Waals surface area contributed by atoms with E-state index in [4.69, 9.17) is 11.6 Å². The molecule has 0 aliphatic heterocycles. The van der Waals surface area contributed by atoms with Crippen LogP contribution in [0.2, 0.25) is 5.02 Å². The molecule has 11 heteroatoms. The molecule has 0 fully saturated rings. The Morgan fingerprint density at radius 1 is 0.972 bits per heavy atom. The van der Waals surface area contributed by atoms with Gasteiger partial charge in [-0.2, -0.15) is 0 Å². The number of nitrogens with zero attached hydrogens (tertiary/aromatic N) is 1. The first-order valence-electron chi connectivity index (χ1n) is 10.8. The van der Waals surface area contributed by atoms with Gasteiger partial charge >= 0.3 is 0 Å². The molecule has 2 heterocycles. The Morgan fingerprint density at radius 2 is 1.67 bits per heavy atom. The van der Waals surface area contributed by atoms with Crippen LogP contribution in [-0.2, 0) is 24.4 Å². The molecule has 36 heavy (non-hydrogen) atoms. The molecule has 0 saturated heterocycles. The van der Waals surface area contributed by atoms with Crippen LogP contribution in [0.25, 0.3) is 10.9 Å². The summed E-state index contributed by atoms with van der Waals surface area (Å²) in [7, 11) is 0. The summed E-state index contributed by atoms with van der Waals surface area (Å²) in [4.78, 5) is 38.8. The molecule has 4 aromatic rings. The van der Waals surface area contributed by atoms with Gasteiger partial charge < -0.3 is 20.2 Å². The molecule has 4 rings (SSSR count). The third-order valence-corrected chi connectivity index (χ3v) is 5.91. The van der Waals surface area contributed by atoms with Crippen molar-refractivity contribution in [3.05, 3.63) is 104 Å². The monoisotopic (exact) mass is 516 g/mol. The van der Waals surface area contributed by atoms with Crippen LogP contribution in [0.5, 0.6) is 0 Å². The summed E-state index contributed by atoms with van der Waals surface area (Å²) in [5.41, 5.74) is 0.107. The second kappa shape index (κ2) is 10.3. The van der Waals surface area contributed by atoms with Gasteiger partial charge in [-0.3, -0.25) is 14.4 Å². The Bertz CT molecular complexity index is 1550. The van der Waals surface area contributed by atoms with Gasteiger partial charge in [0.1, 0.15) is 5.82 Å². The highest BCUT2D eigenvalue weighted by atomic mass is 35.5.